The van der Waals surface area contributed by atoms with Crippen molar-refractivity contribution in [3.05, 3.63) is 12.7 Å². The summed E-state index contributed by atoms with van der Waals surface area (Å²) in [5, 5.41) is 10.7. The van der Waals surface area contributed by atoms with E-state index in [1.54, 1.807) is 0 Å². The summed E-state index contributed by atoms with van der Waals surface area (Å²) in [6.07, 6.45) is 8.78. The number of likely N-dealkylation sites (tertiary alicyclic amines) is 1. The quantitative estimate of drug-likeness (QED) is 0.168. The number of rotatable bonds is 13. The van der Waals surface area contributed by atoms with Gasteiger partial charge in [-0.15, -0.1) is 6.58 Å². The second-order valence-corrected chi connectivity index (χ2v) is 18.7. The molecule has 1 unspecified atom stereocenters. The molecule has 2 saturated heterocycles. The van der Waals surface area contributed by atoms with E-state index in [0.717, 1.165) is 32.1 Å². The summed E-state index contributed by atoms with van der Waals surface area (Å²) < 4.78 is 26.5. The second-order valence-electron chi connectivity index (χ2n) is 16.4. The Morgan fingerprint density at radius 1 is 1.00 bits per heavy atom. The summed E-state index contributed by atoms with van der Waals surface area (Å²) >= 11 is 0. The molecular weight excluding hydrogens is 646 g/mol. The fraction of sp³-hybridized carbons (Fsp3) is 0.806. The van der Waals surface area contributed by atoms with Crippen LogP contribution in [0.2, 0.25) is 0 Å². The Bertz CT molecular complexity index is 1400. The molecule has 0 aromatic rings. The number of carbonyl (C=O) groups is 5. The lowest BCUT2D eigenvalue weighted by atomic mass is 9.77. The van der Waals surface area contributed by atoms with E-state index in [9.17, 15) is 32.4 Å². The highest BCUT2D eigenvalue weighted by atomic mass is 32.2. The van der Waals surface area contributed by atoms with Crippen LogP contribution in [0.25, 0.3) is 0 Å². The highest BCUT2D eigenvalue weighted by Crippen LogP contribution is 2.65. The van der Waals surface area contributed by atoms with Crippen LogP contribution in [0.1, 0.15) is 112 Å². The van der Waals surface area contributed by atoms with Gasteiger partial charge in [-0.25, -0.2) is 13.2 Å². The number of nitrogens with one attached hydrogen (secondary N) is 4. The topological polar surface area (TPSA) is 171 Å². The average molecular weight is 706 g/mol. The lowest BCUT2D eigenvalue weighted by Gasteiger charge is -2.45. The maximum absolute atomic E-state index is 14.5. The van der Waals surface area contributed by atoms with Crippen molar-refractivity contribution in [3.63, 3.8) is 0 Å². The summed E-state index contributed by atoms with van der Waals surface area (Å²) in [6.45, 7) is 15.6. The van der Waals surface area contributed by atoms with Crippen LogP contribution in [0.15, 0.2) is 12.7 Å². The number of piperidine rings is 1. The van der Waals surface area contributed by atoms with E-state index in [1.165, 1.54) is 11.0 Å². The first-order valence-corrected chi connectivity index (χ1v) is 20.0. The van der Waals surface area contributed by atoms with Gasteiger partial charge in [-0.3, -0.25) is 19.2 Å². The van der Waals surface area contributed by atoms with E-state index < -0.39 is 73.7 Å². The van der Waals surface area contributed by atoms with E-state index >= 15 is 0 Å². The fourth-order valence-corrected chi connectivity index (χ4v) is 11.0. The number of hydrogen-bond acceptors (Lipinski definition) is 7. The number of sulfone groups is 1. The van der Waals surface area contributed by atoms with Crippen LogP contribution in [0.5, 0.6) is 0 Å². The van der Waals surface area contributed by atoms with E-state index in [2.05, 4.69) is 41.7 Å². The molecule has 276 valence electrons. The highest BCUT2D eigenvalue weighted by molar-refractivity contribution is 7.92. The number of urea groups is 1. The minimum atomic E-state index is -3.39. The number of fused-ring (bicyclic) bond motifs is 1. The molecule has 2 aliphatic heterocycles. The normalized spacial score (nSPS) is 27.8. The Morgan fingerprint density at radius 2 is 1.67 bits per heavy atom. The molecule has 13 heteroatoms. The molecule has 2 aliphatic carbocycles. The number of unbranched alkanes of at least 4 members (excludes halogenated alkanes) is 1. The molecule has 4 rings (SSSR count). The van der Waals surface area contributed by atoms with Crippen molar-refractivity contribution in [1.29, 1.82) is 0 Å². The van der Waals surface area contributed by atoms with Crippen molar-refractivity contribution >= 4 is 39.4 Å². The van der Waals surface area contributed by atoms with Gasteiger partial charge in [-0.2, -0.15) is 0 Å². The van der Waals surface area contributed by atoms with Crippen LogP contribution < -0.4 is 21.3 Å². The van der Waals surface area contributed by atoms with Crippen LogP contribution in [-0.2, 0) is 29.0 Å². The number of hydrogen-bond donors (Lipinski definition) is 4. The van der Waals surface area contributed by atoms with Gasteiger partial charge >= 0.3 is 6.03 Å². The molecule has 12 nitrogen and oxygen atoms in total. The Hall–Kier alpha value is -2.96. The monoisotopic (exact) mass is 705 g/mol. The number of ketones is 1. The lowest BCUT2D eigenvalue weighted by Crippen LogP contribution is -2.66. The zero-order chi connectivity index (χ0) is 36.4. The summed E-state index contributed by atoms with van der Waals surface area (Å²) in [6, 6.07) is -3.53. The minimum absolute atomic E-state index is 0.0596. The molecule has 4 aliphatic rings. The molecule has 6 atom stereocenters. The third kappa shape index (κ3) is 8.34. The second kappa shape index (κ2) is 15.1. The van der Waals surface area contributed by atoms with E-state index in [1.807, 2.05) is 27.7 Å². The SMILES string of the molecule is C=CCNC(=O)C(=O)[C@H](CCCC)NC(=O)[C@@H]1[C@@H]2[C@H](CN1C(=O)[C@@H](NC(=O)NC1(C3CCCCS3(=O)=O)CCCCC1)C(C)(C)C)C2(C)C. The summed E-state index contributed by atoms with van der Waals surface area (Å²) in [4.78, 5) is 69.6. The van der Waals surface area contributed by atoms with Gasteiger partial charge in [0, 0.05) is 13.1 Å². The molecule has 2 saturated carbocycles. The molecule has 0 aromatic heterocycles. The molecule has 2 heterocycles. The van der Waals surface area contributed by atoms with Crippen molar-refractivity contribution in [2.45, 2.75) is 141 Å². The molecule has 5 amide bonds. The first-order chi connectivity index (χ1) is 22.9. The van der Waals surface area contributed by atoms with E-state index in [0.29, 0.717) is 38.6 Å². The van der Waals surface area contributed by atoms with Gasteiger partial charge in [-0.05, 0) is 54.8 Å². The van der Waals surface area contributed by atoms with Crippen molar-refractivity contribution in [2.75, 3.05) is 18.8 Å². The van der Waals surface area contributed by atoms with E-state index in [-0.39, 0.29) is 36.0 Å². The standard InChI is InChI=1S/C36H59N5O7S/c1-8-10-16-24(28(42)31(44)37-20-9-2)38-30(43)27-26-23(35(26,6)7)22-41(27)32(45)29(34(3,4)5)39-33(46)40-36(18-13-11-14-19-36)25-17-12-15-21-49(25,47)48/h9,23-27,29H,2,8,10-22H2,1,3-7H3,(H,37,44)(H,38,43)(H2,39,40,46)/t23-,24-,25?,26-,27-,29+/m0/s1. The van der Waals surface area contributed by atoms with E-state index in [4.69, 9.17) is 0 Å². The third-order valence-corrected chi connectivity index (χ3v) is 14.0. The zero-order valence-electron chi connectivity index (χ0n) is 30.4. The summed E-state index contributed by atoms with van der Waals surface area (Å²) in [5.41, 5.74) is -1.85. The smallest absolute Gasteiger partial charge is 0.315 e. The highest BCUT2D eigenvalue weighted by Gasteiger charge is 2.70. The Balaban J connectivity index is 1.56. The minimum Gasteiger partial charge on any atom is -0.346 e. The Kier molecular flexibility index (Phi) is 12.0. The molecule has 49 heavy (non-hydrogen) atoms. The van der Waals surface area contributed by atoms with Crippen LogP contribution in [-0.4, -0.2) is 90.6 Å². The van der Waals surface area contributed by atoms with Gasteiger partial charge in [0.25, 0.3) is 5.91 Å². The van der Waals surface area contributed by atoms with Gasteiger partial charge in [0.05, 0.1) is 22.6 Å². The molecule has 4 N–H and O–H groups in total. The van der Waals surface area contributed by atoms with Crippen molar-refractivity contribution in [1.82, 2.24) is 26.2 Å². The average Bonchev–Trinajstić information content (AvgIpc) is 3.33. The van der Waals surface area contributed by atoms with Gasteiger partial charge in [0.2, 0.25) is 17.6 Å². The number of Topliss-reactive ketones (excluding diaryl/α,β-unsaturated/α-hetero) is 1. The van der Waals surface area contributed by atoms with Crippen molar-refractivity contribution in [2.24, 2.45) is 22.7 Å². The third-order valence-electron chi connectivity index (χ3n) is 11.6. The molecular formula is C36H59N5O7S. The number of carbonyl (C=O) groups excluding carboxylic acids is 5. The van der Waals surface area contributed by atoms with Gasteiger partial charge in [-0.1, -0.05) is 86.1 Å². The first kappa shape index (κ1) is 38.8. The maximum Gasteiger partial charge on any atom is 0.315 e. The molecule has 0 radical (unpaired) electrons. The van der Waals surface area contributed by atoms with Crippen LogP contribution in [0, 0.1) is 22.7 Å². The zero-order valence-corrected chi connectivity index (χ0v) is 31.2. The summed E-state index contributed by atoms with van der Waals surface area (Å²) in [7, 11) is -3.39. The predicted octanol–water partition coefficient (Wildman–Crippen LogP) is 3.40. The molecule has 0 aromatic carbocycles. The molecule has 4 fully saturated rings. The predicted molar refractivity (Wildman–Crippen MR) is 188 cm³/mol. The molecule has 0 bridgehead atoms. The van der Waals surface area contributed by atoms with Gasteiger partial charge in [0.15, 0.2) is 9.84 Å². The van der Waals surface area contributed by atoms with Gasteiger partial charge < -0.3 is 26.2 Å². The van der Waals surface area contributed by atoms with Crippen molar-refractivity contribution < 1.29 is 32.4 Å². The fourth-order valence-electron chi connectivity index (χ4n) is 8.65. The van der Waals surface area contributed by atoms with Crippen LogP contribution >= 0.6 is 0 Å². The van der Waals surface area contributed by atoms with Crippen LogP contribution in [0.3, 0.4) is 0 Å². The lowest BCUT2D eigenvalue weighted by molar-refractivity contribution is -0.145. The Morgan fingerprint density at radius 3 is 2.27 bits per heavy atom. The first-order valence-electron chi connectivity index (χ1n) is 18.3. The largest absolute Gasteiger partial charge is 0.346 e. The van der Waals surface area contributed by atoms with Crippen molar-refractivity contribution in [3.8, 4) is 0 Å². The number of nitrogens with zero attached hydrogens (tertiary/aromatic N) is 1. The molecule has 0 spiro atoms. The maximum atomic E-state index is 14.5. The number of amides is 5. The van der Waals surface area contributed by atoms with Gasteiger partial charge in [0.1, 0.15) is 12.1 Å². The summed E-state index contributed by atoms with van der Waals surface area (Å²) in [5.74, 6) is -2.41. The Labute approximate surface area is 292 Å². The van der Waals surface area contributed by atoms with Crippen LogP contribution in [0.4, 0.5) is 4.79 Å².